The van der Waals surface area contributed by atoms with E-state index in [1.54, 1.807) is 6.92 Å². The van der Waals surface area contributed by atoms with Crippen molar-refractivity contribution < 1.29 is 27.1 Å². The highest BCUT2D eigenvalue weighted by Gasteiger charge is 2.37. The van der Waals surface area contributed by atoms with Gasteiger partial charge in [0.1, 0.15) is 17.5 Å². The zero-order valence-corrected chi connectivity index (χ0v) is 17.6. The molecule has 1 atom stereocenters. The van der Waals surface area contributed by atoms with Crippen LogP contribution < -0.4 is 0 Å². The minimum Gasteiger partial charge on any atom is -0.459 e. The Morgan fingerprint density at radius 3 is 2.00 bits per heavy atom. The first-order chi connectivity index (χ1) is 13.8. The lowest BCUT2D eigenvalue weighted by Crippen LogP contribution is -2.22. The van der Waals surface area contributed by atoms with Crippen LogP contribution in [0.3, 0.4) is 0 Å². The molecule has 0 fully saturated rings. The molecule has 166 valence electrons. The summed E-state index contributed by atoms with van der Waals surface area (Å²) < 4.78 is 58.3. The molecule has 0 N–H and O–H groups in total. The molecular formula is C23H34F4O2. The molecule has 0 saturated heterocycles. The quantitative estimate of drug-likeness (QED) is 0.173. The van der Waals surface area contributed by atoms with Crippen LogP contribution in [-0.2, 0) is 10.9 Å². The number of rotatable bonds is 14. The van der Waals surface area contributed by atoms with E-state index < -0.39 is 35.2 Å². The maximum absolute atomic E-state index is 13.9. The average Bonchev–Trinajstić information content (AvgIpc) is 2.67. The van der Waals surface area contributed by atoms with Crippen LogP contribution in [0.1, 0.15) is 107 Å². The summed E-state index contributed by atoms with van der Waals surface area (Å²) in [7, 11) is 0. The van der Waals surface area contributed by atoms with Crippen LogP contribution in [0.4, 0.5) is 17.6 Å². The van der Waals surface area contributed by atoms with Crippen LogP contribution in [0.2, 0.25) is 0 Å². The number of alkyl halides is 3. The van der Waals surface area contributed by atoms with E-state index in [-0.39, 0.29) is 0 Å². The van der Waals surface area contributed by atoms with Crippen molar-refractivity contribution in [1.29, 1.82) is 0 Å². The molecule has 0 aliphatic heterocycles. The minimum absolute atomic E-state index is 0.485. The summed E-state index contributed by atoms with van der Waals surface area (Å²) in [6.45, 7) is 4.01. The van der Waals surface area contributed by atoms with Crippen molar-refractivity contribution >= 4 is 5.97 Å². The van der Waals surface area contributed by atoms with E-state index in [2.05, 4.69) is 6.92 Å². The van der Waals surface area contributed by atoms with Crippen molar-refractivity contribution in [3.8, 4) is 0 Å². The van der Waals surface area contributed by atoms with E-state index in [0.717, 1.165) is 31.4 Å². The molecule has 1 unspecified atom stereocenters. The van der Waals surface area contributed by atoms with Gasteiger partial charge in [-0.1, -0.05) is 77.7 Å². The lowest BCUT2D eigenvalue weighted by molar-refractivity contribution is -0.138. The fourth-order valence-electron chi connectivity index (χ4n) is 3.38. The second-order valence-corrected chi connectivity index (χ2v) is 7.57. The predicted molar refractivity (Wildman–Crippen MR) is 107 cm³/mol. The Bertz CT molecular complexity index is 599. The van der Waals surface area contributed by atoms with Crippen molar-refractivity contribution in [2.24, 2.45) is 0 Å². The molecule has 0 spiro atoms. The number of esters is 1. The first-order valence-electron chi connectivity index (χ1n) is 10.9. The summed E-state index contributed by atoms with van der Waals surface area (Å²) >= 11 is 0. The van der Waals surface area contributed by atoms with Gasteiger partial charge in [0.2, 0.25) is 0 Å². The van der Waals surface area contributed by atoms with Gasteiger partial charge in [0.05, 0.1) is 5.56 Å². The average molecular weight is 419 g/mol. The monoisotopic (exact) mass is 418 g/mol. The SMILES string of the molecule is CCCCCCCCCCCCC(CC)OC(=O)c1c(F)cccc1C(F)(F)F. The van der Waals surface area contributed by atoms with Gasteiger partial charge in [-0.15, -0.1) is 0 Å². The molecule has 6 heteroatoms. The fraction of sp³-hybridized carbons (Fsp3) is 0.696. The van der Waals surface area contributed by atoms with Crippen molar-refractivity contribution in [2.75, 3.05) is 0 Å². The Hall–Kier alpha value is -1.59. The third kappa shape index (κ3) is 9.64. The molecule has 0 saturated carbocycles. The molecular weight excluding hydrogens is 384 g/mol. The number of carbonyl (C=O) groups excluding carboxylic acids is 1. The van der Waals surface area contributed by atoms with E-state index in [4.69, 9.17) is 4.74 Å². The zero-order chi connectivity index (χ0) is 21.7. The molecule has 1 aromatic carbocycles. The molecule has 1 aromatic rings. The van der Waals surface area contributed by atoms with Gasteiger partial charge in [0.15, 0.2) is 0 Å². The summed E-state index contributed by atoms with van der Waals surface area (Å²) in [5.74, 6) is -2.45. The van der Waals surface area contributed by atoms with E-state index in [1.807, 2.05) is 0 Å². The largest absolute Gasteiger partial charge is 0.459 e. The molecule has 0 aliphatic carbocycles. The van der Waals surface area contributed by atoms with E-state index in [9.17, 15) is 22.4 Å². The zero-order valence-electron chi connectivity index (χ0n) is 17.6. The highest BCUT2D eigenvalue weighted by Crippen LogP contribution is 2.33. The van der Waals surface area contributed by atoms with E-state index in [0.29, 0.717) is 18.9 Å². The first-order valence-corrected chi connectivity index (χ1v) is 10.9. The molecule has 0 aliphatic rings. The maximum Gasteiger partial charge on any atom is 0.417 e. The van der Waals surface area contributed by atoms with Crippen LogP contribution in [-0.4, -0.2) is 12.1 Å². The third-order valence-corrected chi connectivity index (χ3v) is 5.13. The lowest BCUT2D eigenvalue weighted by Gasteiger charge is -2.18. The minimum atomic E-state index is -4.81. The normalized spacial score (nSPS) is 12.8. The van der Waals surface area contributed by atoms with Crippen LogP contribution in [0.25, 0.3) is 0 Å². The summed E-state index contributed by atoms with van der Waals surface area (Å²) in [4.78, 5) is 12.2. The second kappa shape index (κ2) is 13.6. The van der Waals surface area contributed by atoms with Gasteiger partial charge in [-0.2, -0.15) is 13.2 Å². The molecule has 29 heavy (non-hydrogen) atoms. The fourth-order valence-corrected chi connectivity index (χ4v) is 3.38. The molecule has 0 radical (unpaired) electrons. The molecule has 1 rings (SSSR count). The molecule has 0 bridgehead atoms. The molecule has 0 aromatic heterocycles. The summed E-state index contributed by atoms with van der Waals surface area (Å²) in [6.07, 6.45) is 7.49. The number of unbranched alkanes of at least 4 members (excludes halogenated alkanes) is 9. The third-order valence-electron chi connectivity index (χ3n) is 5.13. The topological polar surface area (TPSA) is 26.3 Å². The lowest BCUT2D eigenvalue weighted by atomic mass is 10.0. The summed E-state index contributed by atoms with van der Waals surface area (Å²) in [6, 6.07) is 2.48. The Morgan fingerprint density at radius 1 is 0.931 bits per heavy atom. The Morgan fingerprint density at radius 2 is 1.48 bits per heavy atom. The highest BCUT2D eigenvalue weighted by atomic mass is 19.4. The number of halogens is 4. The molecule has 0 amide bonds. The predicted octanol–water partition coefficient (Wildman–Crippen LogP) is 8.09. The number of ether oxygens (including phenoxy) is 1. The van der Waals surface area contributed by atoms with Crippen molar-refractivity contribution in [3.05, 3.63) is 35.1 Å². The van der Waals surface area contributed by atoms with Gasteiger partial charge in [0, 0.05) is 0 Å². The molecule has 2 nitrogen and oxygen atoms in total. The summed E-state index contributed by atoms with van der Waals surface area (Å²) in [5.41, 5.74) is -2.32. The number of hydrogen-bond acceptors (Lipinski definition) is 2. The van der Waals surface area contributed by atoms with Crippen molar-refractivity contribution in [1.82, 2.24) is 0 Å². The van der Waals surface area contributed by atoms with Gasteiger partial charge in [0.25, 0.3) is 0 Å². The first kappa shape index (κ1) is 25.4. The van der Waals surface area contributed by atoms with Crippen LogP contribution >= 0.6 is 0 Å². The number of hydrogen-bond donors (Lipinski definition) is 0. The Kier molecular flexibility index (Phi) is 11.9. The second-order valence-electron chi connectivity index (χ2n) is 7.57. The summed E-state index contributed by atoms with van der Waals surface area (Å²) in [5, 5.41) is 0. The van der Waals surface area contributed by atoms with Crippen LogP contribution in [0.15, 0.2) is 18.2 Å². The Labute approximate surface area is 172 Å². The van der Waals surface area contributed by atoms with E-state index >= 15 is 0 Å². The molecule has 0 heterocycles. The maximum atomic E-state index is 13.9. The Balaban J connectivity index is 2.40. The number of carbonyl (C=O) groups is 1. The smallest absolute Gasteiger partial charge is 0.417 e. The standard InChI is InChI=1S/C23H34F4O2/c1-3-5-6-7-8-9-10-11-12-13-15-18(4-2)29-22(28)21-19(23(25,26)27)16-14-17-20(21)24/h14,16-18H,3-13,15H2,1-2H3. The van der Waals surface area contributed by atoms with Gasteiger partial charge < -0.3 is 4.74 Å². The van der Waals surface area contributed by atoms with Crippen LogP contribution in [0.5, 0.6) is 0 Å². The van der Waals surface area contributed by atoms with Gasteiger partial charge in [-0.25, -0.2) is 9.18 Å². The van der Waals surface area contributed by atoms with Crippen LogP contribution in [0, 0.1) is 5.82 Å². The van der Waals surface area contributed by atoms with Crippen molar-refractivity contribution in [3.63, 3.8) is 0 Å². The van der Waals surface area contributed by atoms with Gasteiger partial charge >= 0.3 is 12.1 Å². The van der Waals surface area contributed by atoms with E-state index in [1.165, 1.54) is 44.9 Å². The van der Waals surface area contributed by atoms with Gasteiger partial charge in [-0.05, 0) is 31.4 Å². The van der Waals surface area contributed by atoms with Crippen molar-refractivity contribution in [2.45, 2.75) is 103 Å². The van der Waals surface area contributed by atoms with Gasteiger partial charge in [-0.3, -0.25) is 0 Å². The highest BCUT2D eigenvalue weighted by molar-refractivity contribution is 5.91. The number of benzene rings is 1.